The van der Waals surface area contributed by atoms with Gasteiger partial charge in [0, 0.05) is 49.6 Å². The quantitative estimate of drug-likeness (QED) is 0.0415. The number of hydrogen-bond acceptors (Lipinski definition) is 10. The lowest BCUT2D eigenvalue weighted by Gasteiger charge is -2.60. The third-order valence-corrected chi connectivity index (χ3v) is 14.2. The zero-order valence-electron chi connectivity index (χ0n) is 39.8. The van der Waals surface area contributed by atoms with Crippen molar-refractivity contribution in [2.75, 3.05) is 33.7 Å². The summed E-state index contributed by atoms with van der Waals surface area (Å²) in [5.74, 6) is 0.172. The molecule has 11 nitrogen and oxygen atoms in total. The van der Waals surface area contributed by atoms with E-state index in [2.05, 4.69) is 19.6 Å². The van der Waals surface area contributed by atoms with Crippen LogP contribution in [-0.2, 0) is 27.5 Å². The maximum Gasteiger partial charge on any atom is 0.239 e. The van der Waals surface area contributed by atoms with E-state index in [1.165, 1.54) is 44.6 Å². The summed E-state index contributed by atoms with van der Waals surface area (Å²) >= 11 is 0. The molecule has 1 saturated carbocycles. The van der Waals surface area contributed by atoms with Crippen LogP contribution in [0.3, 0.4) is 0 Å². The Hall–Kier alpha value is -4.91. The van der Waals surface area contributed by atoms with E-state index >= 15 is 4.79 Å². The molecule has 2 aliphatic carbocycles. The number of nitrogens with zero attached hydrogens (tertiary/aromatic N) is 2. The monoisotopic (exact) mass is 925 g/mol. The Balaban J connectivity index is 1.33. The van der Waals surface area contributed by atoms with Crippen LogP contribution < -0.4 is 18.9 Å². The Kier molecular flexibility index (Phi) is 18.6. The molecule has 4 aliphatic rings. The predicted molar refractivity (Wildman–Crippen MR) is 258 cm³/mol. The highest BCUT2D eigenvalue weighted by atomic mass is 19.1. The molecular formula is C55H73FN2O9. The van der Waals surface area contributed by atoms with Crippen LogP contribution in [0.2, 0.25) is 0 Å². The van der Waals surface area contributed by atoms with E-state index in [-0.39, 0.29) is 69.2 Å². The van der Waals surface area contributed by atoms with Gasteiger partial charge in [-0.15, -0.1) is 6.58 Å². The lowest BCUT2D eigenvalue weighted by Crippen LogP contribution is -2.70. The van der Waals surface area contributed by atoms with Crippen molar-refractivity contribution in [3.05, 3.63) is 107 Å². The summed E-state index contributed by atoms with van der Waals surface area (Å²) in [5, 5.41) is 24.7. The van der Waals surface area contributed by atoms with E-state index in [0.29, 0.717) is 54.2 Å². The molecule has 364 valence electrons. The molecule has 2 heterocycles. The first-order chi connectivity index (χ1) is 32.8. The summed E-state index contributed by atoms with van der Waals surface area (Å²) in [7, 11) is 1.56. The molecule has 0 aromatic heterocycles. The number of hydrogen-bond donors (Lipinski definition) is 2. The molecule has 2 aliphatic heterocycles. The maximum atomic E-state index is 15.2. The van der Waals surface area contributed by atoms with Crippen LogP contribution in [0.25, 0.3) is 0 Å². The number of amides is 1. The normalized spacial score (nSPS) is 22.9. The van der Waals surface area contributed by atoms with E-state index < -0.39 is 17.7 Å². The van der Waals surface area contributed by atoms with E-state index in [4.69, 9.17) is 33.7 Å². The number of halogens is 1. The number of benzene rings is 3. The van der Waals surface area contributed by atoms with Crippen LogP contribution in [0.1, 0.15) is 139 Å². The van der Waals surface area contributed by atoms with Gasteiger partial charge in [-0.3, -0.25) is 4.79 Å². The minimum Gasteiger partial charge on any atom is -0.489 e. The number of aliphatic hydroxyl groups is 2. The zero-order valence-corrected chi connectivity index (χ0v) is 39.8. The first-order valence-electron chi connectivity index (χ1n) is 25.0. The standard InChI is InChI=1S/C55H73FN2O9/c1-4-6-7-8-9-10-11-12-13-24-52(61)58(36-39-25-27-49-50(32-39)65-38-64-49)51-35-47(57-62-3)44-33-40(20-16-18-29-59)43(22-17-19-30-60)53-45-34-42(63-37-41-21-14-15-23-46(41)56)26-28-48(45)67-55(51,54(44)53)66-31-5-2/h5,14-15,21,23,25-28,32-34,40,43,51,53-54,59-60H,2,4,6-13,16-20,22,24,29-31,35-38H2,1,3H3/t40-,43+,51-,53+,54+,55+/m0/s1. The van der Waals surface area contributed by atoms with Gasteiger partial charge in [-0.2, -0.15) is 0 Å². The number of carbonyl (C=O) groups is 1. The number of aliphatic hydroxyl groups excluding tert-OH is 2. The molecule has 2 N–H and O–H groups in total. The number of fused-ring (bicyclic) bond motifs is 3. The van der Waals surface area contributed by atoms with E-state index in [0.717, 1.165) is 67.4 Å². The number of carbonyl (C=O) groups excluding carboxylic acids is 1. The van der Waals surface area contributed by atoms with Crippen molar-refractivity contribution >= 4 is 11.6 Å². The van der Waals surface area contributed by atoms with Crippen LogP contribution in [-0.4, -0.2) is 72.3 Å². The molecule has 7 rings (SSSR count). The highest BCUT2D eigenvalue weighted by molar-refractivity contribution is 6.03. The van der Waals surface area contributed by atoms with Crippen LogP contribution in [0.5, 0.6) is 23.0 Å². The summed E-state index contributed by atoms with van der Waals surface area (Å²) in [6, 6.07) is 17.6. The smallest absolute Gasteiger partial charge is 0.239 e. The van der Waals surface area contributed by atoms with Crippen LogP contribution in [0.15, 0.2) is 90.1 Å². The van der Waals surface area contributed by atoms with Gasteiger partial charge in [-0.1, -0.05) is 113 Å². The third-order valence-electron chi connectivity index (χ3n) is 14.2. The highest BCUT2D eigenvalue weighted by Crippen LogP contribution is 2.62. The Labute approximate surface area is 397 Å². The van der Waals surface area contributed by atoms with Gasteiger partial charge in [0.25, 0.3) is 0 Å². The number of rotatable bonds is 28. The van der Waals surface area contributed by atoms with Gasteiger partial charge in [-0.05, 0) is 91.5 Å². The minimum absolute atomic E-state index is 0.00332. The summed E-state index contributed by atoms with van der Waals surface area (Å²) in [6.07, 6.45) is 19.5. The second kappa shape index (κ2) is 24.9. The molecule has 0 radical (unpaired) electrons. The second-order valence-electron chi connectivity index (χ2n) is 18.6. The number of unbranched alkanes of at least 4 members (excludes halogenated alkanes) is 10. The van der Waals surface area contributed by atoms with Crippen LogP contribution >= 0.6 is 0 Å². The summed E-state index contributed by atoms with van der Waals surface area (Å²) < 4.78 is 47.3. The number of ether oxygens (including phenoxy) is 5. The minimum atomic E-state index is -1.41. The third kappa shape index (κ3) is 12.0. The predicted octanol–water partition coefficient (Wildman–Crippen LogP) is 11.3. The summed E-state index contributed by atoms with van der Waals surface area (Å²) in [6.45, 7) is 7.11. The van der Waals surface area contributed by atoms with E-state index in [1.807, 2.05) is 41.3 Å². The van der Waals surface area contributed by atoms with Gasteiger partial charge in [0.1, 0.15) is 37.1 Å². The van der Waals surface area contributed by atoms with Gasteiger partial charge < -0.3 is 43.6 Å². The number of oxime groups is 1. The summed E-state index contributed by atoms with van der Waals surface area (Å²) in [4.78, 5) is 22.8. The average Bonchev–Trinajstić information content (AvgIpc) is 3.81. The fourth-order valence-corrected chi connectivity index (χ4v) is 11.0. The van der Waals surface area contributed by atoms with Gasteiger partial charge in [0.2, 0.25) is 18.5 Å². The fraction of sp³-hybridized carbons (Fsp3) is 0.564. The number of allylic oxidation sites excluding steroid dienone is 1. The Morgan fingerprint density at radius 1 is 0.896 bits per heavy atom. The highest BCUT2D eigenvalue weighted by Gasteiger charge is 2.65. The van der Waals surface area contributed by atoms with Crippen molar-refractivity contribution in [2.45, 2.75) is 147 Å². The maximum absolute atomic E-state index is 15.2. The molecule has 12 heteroatoms. The Morgan fingerprint density at radius 2 is 1.63 bits per heavy atom. The van der Waals surface area contributed by atoms with Gasteiger partial charge >= 0.3 is 0 Å². The molecule has 0 spiro atoms. The van der Waals surface area contributed by atoms with E-state index in [9.17, 15) is 14.6 Å². The lowest BCUT2D eigenvalue weighted by molar-refractivity contribution is -0.258. The zero-order chi connectivity index (χ0) is 47.0. The topological polar surface area (TPSA) is 129 Å². The van der Waals surface area contributed by atoms with Crippen LogP contribution in [0, 0.1) is 23.6 Å². The Morgan fingerprint density at radius 3 is 2.37 bits per heavy atom. The van der Waals surface area contributed by atoms with Crippen molar-refractivity contribution in [1.82, 2.24) is 4.90 Å². The van der Waals surface area contributed by atoms with E-state index in [1.54, 1.807) is 31.4 Å². The molecule has 3 aromatic carbocycles. The largest absolute Gasteiger partial charge is 0.489 e. The first-order valence-corrected chi connectivity index (χ1v) is 25.0. The molecule has 0 bridgehead atoms. The molecule has 0 unspecified atom stereocenters. The van der Waals surface area contributed by atoms with Gasteiger partial charge in [0.15, 0.2) is 11.5 Å². The first kappa shape index (κ1) is 50.0. The molecule has 6 atom stereocenters. The average molecular weight is 925 g/mol. The van der Waals surface area contributed by atoms with Crippen molar-refractivity contribution in [3.63, 3.8) is 0 Å². The molecule has 3 aromatic rings. The van der Waals surface area contributed by atoms with Crippen LogP contribution in [0.4, 0.5) is 4.39 Å². The summed E-state index contributed by atoms with van der Waals surface area (Å²) in [5.41, 5.74) is 3.95. The molecule has 1 fully saturated rings. The van der Waals surface area contributed by atoms with Crippen molar-refractivity contribution in [2.24, 2.45) is 22.9 Å². The molecule has 67 heavy (non-hydrogen) atoms. The van der Waals surface area contributed by atoms with Crippen molar-refractivity contribution in [1.29, 1.82) is 0 Å². The SMILES string of the molecule is C=CCO[C@@]12Oc3ccc(OCc4ccccc4F)cc3[C@H]3[C@H](CCCCO)[C@@H](CCCCO)C=C(C(=NOC)C[C@@H]1N(Cc1ccc4c(c1)OCO4)C(=O)CCCCCCCCCCC)[C@H]32. The van der Waals surface area contributed by atoms with Gasteiger partial charge in [-0.25, -0.2) is 4.39 Å². The van der Waals surface area contributed by atoms with Crippen molar-refractivity contribution < 1.29 is 47.9 Å². The second-order valence-corrected chi connectivity index (χ2v) is 18.6. The fourth-order valence-electron chi connectivity index (χ4n) is 11.0. The molecular weight excluding hydrogens is 852 g/mol. The molecule has 1 amide bonds. The lowest BCUT2D eigenvalue weighted by atomic mass is 9.55. The van der Waals surface area contributed by atoms with Crippen molar-refractivity contribution in [3.8, 4) is 23.0 Å². The molecule has 0 saturated heterocycles. The van der Waals surface area contributed by atoms with Gasteiger partial charge in [0.05, 0.1) is 18.2 Å². The Bertz CT molecular complexity index is 2140.